The van der Waals surface area contributed by atoms with Crippen LogP contribution in [0, 0.1) is 5.41 Å². The number of sulfonamides is 1. The SMILES string of the molecule is CC[C@@H](CN(C)S(=O)(=O)C1CC1)N1C(=O)[C@](C)(CC(=O)NO)C[C@H](c2cccc(Cl)c2)[C@H]1c1ccc(Cl)cc1. The summed E-state index contributed by atoms with van der Waals surface area (Å²) in [6.45, 7) is 3.77. The zero-order chi connectivity index (χ0) is 28.5. The Morgan fingerprint density at radius 2 is 1.82 bits per heavy atom. The summed E-state index contributed by atoms with van der Waals surface area (Å²) >= 11 is 12.6. The van der Waals surface area contributed by atoms with E-state index in [-0.39, 0.29) is 30.0 Å². The van der Waals surface area contributed by atoms with Crippen LogP contribution in [0.2, 0.25) is 10.0 Å². The Bertz CT molecular complexity index is 1320. The van der Waals surface area contributed by atoms with Crippen molar-refractivity contribution < 1.29 is 23.2 Å². The van der Waals surface area contributed by atoms with Crippen LogP contribution >= 0.6 is 23.2 Å². The number of nitrogens with zero attached hydrogens (tertiary/aromatic N) is 2. The molecule has 0 unspecified atom stereocenters. The number of carbonyl (C=O) groups is 2. The van der Waals surface area contributed by atoms with E-state index in [1.807, 2.05) is 37.3 Å². The maximum Gasteiger partial charge on any atom is 0.244 e. The van der Waals surface area contributed by atoms with Gasteiger partial charge in [0.05, 0.1) is 16.7 Å². The Morgan fingerprint density at radius 1 is 1.15 bits per heavy atom. The van der Waals surface area contributed by atoms with Gasteiger partial charge in [-0.25, -0.2) is 18.2 Å². The molecule has 2 fully saturated rings. The lowest BCUT2D eigenvalue weighted by atomic mass is 9.67. The van der Waals surface area contributed by atoms with Crippen LogP contribution in [-0.2, 0) is 19.6 Å². The number of piperidine rings is 1. The van der Waals surface area contributed by atoms with Gasteiger partial charge in [0.15, 0.2) is 0 Å². The molecule has 1 saturated heterocycles. The van der Waals surface area contributed by atoms with Gasteiger partial charge in [-0.15, -0.1) is 0 Å². The predicted octanol–water partition coefficient (Wildman–Crippen LogP) is 5.16. The smallest absolute Gasteiger partial charge is 0.244 e. The first kappa shape index (κ1) is 29.8. The number of hydrogen-bond acceptors (Lipinski definition) is 5. The van der Waals surface area contributed by atoms with Gasteiger partial charge < -0.3 is 4.90 Å². The lowest BCUT2D eigenvalue weighted by molar-refractivity contribution is -0.158. The lowest BCUT2D eigenvalue weighted by Gasteiger charge is -2.52. The Morgan fingerprint density at radius 3 is 2.38 bits per heavy atom. The number of hydrogen-bond donors (Lipinski definition) is 2. The number of amides is 2. The fourth-order valence-corrected chi connectivity index (χ4v) is 7.72. The van der Waals surface area contributed by atoms with Crippen LogP contribution in [0.5, 0.6) is 0 Å². The third kappa shape index (κ3) is 6.28. The highest BCUT2D eigenvalue weighted by Crippen LogP contribution is 2.52. The highest BCUT2D eigenvalue weighted by Gasteiger charge is 2.52. The zero-order valence-electron chi connectivity index (χ0n) is 22.3. The minimum absolute atomic E-state index is 0.121. The van der Waals surface area contributed by atoms with Gasteiger partial charge in [0, 0.05) is 42.0 Å². The standard InChI is InChI=1S/C28H35Cl2N3O5S/c1-4-22(17-32(3)39(37,38)23-12-13-23)33-26(18-8-10-20(29)11-9-18)24(19-6-5-7-21(30)14-19)15-28(2,27(33)35)16-25(34)31-36/h5-11,14,22-24,26,36H,4,12-13,15-17H2,1-3H3,(H,31,34)/t22-,24+,26+,28-/m0/s1. The van der Waals surface area contributed by atoms with Crippen molar-refractivity contribution in [2.24, 2.45) is 5.41 Å². The van der Waals surface area contributed by atoms with Crippen molar-refractivity contribution in [3.8, 4) is 0 Å². The minimum atomic E-state index is -3.47. The normalized spacial score (nSPS) is 24.6. The molecule has 1 heterocycles. The average Bonchev–Trinajstić information content (AvgIpc) is 3.75. The summed E-state index contributed by atoms with van der Waals surface area (Å²) in [4.78, 5) is 28.6. The number of carbonyl (C=O) groups excluding carboxylic acids is 2. The summed E-state index contributed by atoms with van der Waals surface area (Å²) in [6, 6.07) is 13.8. The van der Waals surface area contributed by atoms with Crippen molar-refractivity contribution in [2.45, 2.75) is 69.2 Å². The van der Waals surface area contributed by atoms with Gasteiger partial charge in [0.25, 0.3) is 0 Å². The van der Waals surface area contributed by atoms with E-state index in [9.17, 15) is 23.2 Å². The van der Waals surface area contributed by atoms with E-state index in [0.717, 1.165) is 11.1 Å². The number of likely N-dealkylation sites (N-methyl/N-ethyl adjacent to an activating group) is 1. The van der Waals surface area contributed by atoms with Gasteiger partial charge in [0.2, 0.25) is 21.8 Å². The van der Waals surface area contributed by atoms with Gasteiger partial charge in [0.1, 0.15) is 0 Å². The second kappa shape index (κ2) is 11.7. The fraction of sp³-hybridized carbons (Fsp3) is 0.500. The predicted molar refractivity (Wildman–Crippen MR) is 151 cm³/mol. The van der Waals surface area contributed by atoms with E-state index in [0.29, 0.717) is 35.7 Å². The largest absolute Gasteiger partial charge is 0.330 e. The molecule has 11 heteroatoms. The highest BCUT2D eigenvalue weighted by atomic mass is 35.5. The maximum atomic E-state index is 14.4. The minimum Gasteiger partial charge on any atom is -0.330 e. The summed E-state index contributed by atoms with van der Waals surface area (Å²) in [5.74, 6) is -1.21. The number of rotatable bonds is 10. The number of nitrogens with one attached hydrogen (secondary N) is 1. The van der Waals surface area contributed by atoms with Gasteiger partial charge in [-0.05, 0) is 61.1 Å². The molecule has 8 nitrogen and oxygen atoms in total. The first-order chi connectivity index (χ1) is 18.4. The molecular formula is C28H35Cl2N3O5S. The van der Waals surface area contributed by atoms with Crippen LogP contribution in [0.25, 0.3) is 0 Å². The molecule has 0 aromatic heterocycles. The lowest BCUT2D eigenvalue weighted by Crippen LogP contribution is -2.58. The van der Waals surface area contributed by atoms with Crippen molar-refractivity contribution in [2.75, 3.05) is 13.6 Å². The summed E-state index contributed by atoms with van der Waals surface area (Å²) in [7, 11) is -1.91. The van der Waals surface area contributed by atoms with E-state index in [4.69, 9.17) is 23.2 Å². The first-order valence-electron chi connectivity index (χ1n) is 13.1. The van der Waals surface area contributed by atoms with Gasteiger partial charge in [-0.1, -0.05) is 61.3 Å². The van der Waals surface area contributed by atoms with Crippen molar-refractivity contribution in [3.05, 3.63) is 69.7 Å². The second-order valence-corrected chi connectivity index (χ2v) is 14.1. The van der Waals surface area contributed by atoms with Gasteiger partial charge in [-0.3, -0.25) is 14.8 Å². The van der Waals surface area contributed by atoms with E-state index < -0.39 is 33.4 Å². The van der Waals surface area contributed by atoms with Crippen molar-refractivity contribution in [1.29, 1.82) is 0 Å². The van der Waals surface area contributed by atoms with Crippen molar-refractivity contribution in [3.63, 3.8) is 0 Å². The Kier molecular flexibility index (Phi) is 8.98. The molecule has 1 aliphatic heterocycles. The summed E-state index contributed by atoms with van der Waals surface area (Å²) in [5, 5.41) is 10.0. The van der Waals surface area contributed by atoms with Gasteiger partial charge >= 0.3 is 0 Å². The van der Waals surface area contributed by atoms with Crippen LogP contribution in [-0.4, -0.2) is 59.5 Å². The molecule has 1 saturated carbocycles. The van der Waals surface area contributed by atoms with E-state index >= 15 is 0 Å². The molecule has 2 amide bonds. The van der Waals surface area contributed by atoms with Crippen LogP contribution in [0.1, 0.15) is 69.0 Å². The van der Waals surface area contributed by atoms with Crippen molar-refractivity contribution >= 4 is 45.0 Å². The number of halogens is 2. The van der Waals surface area contributed by atoms with Crippen LogP contribution < -0.4 is 5.48 Å². The molecular weight excluding hydrogens is 561 g/mol. The summed E-state index contributed by atoms with van der Waals surface area (Å²) in [6.07, 6.45) is 1.87. The number of benzene rings is 2. The molecule has 4 rings (SSSR count). The third-order valence-corrected chi connectivity index (χ3v) is 10.8. The molecule has 2 aliphatic rings. The van der Waals surface area contributed by atoms with E-state index in [1.165, 1.54) is 4.31 Å². The fourth-order valence-electron chi connectivity index (χ4n) is 5.78. The quantitative estimate of drug-likeness (QED) is 0.291. The van der Waals surface area contributed by atoms with Crippen LogP contribution in [0.4, 0.5) is 0 Å². The van der Waals surface area contributed by atoms with Crippen molar-refractivity contribution in [1.82, 2.24) is 14.7 Å². The zero-order valence-corrected chi connectivity index (χ0v) is 24.6. The highest BCUT2D eigenvalue weighted by molar-refractivity contribution is 7.90. The van der Waals surface area contributed by atoms with Gasteiger partial charge in [-0.2, -0.15) is 0 Å². The molecule has 2 aromatic rings. The molecule has 1 aliphatic carbocycles. The maximum absolute atomic E-state index is 14.4. The Balaban J connectivity index is 1.86. The summed E-state index contributed by atoms with van der Waals surface area (Å²) < 4.78 is 27.5. The molecule has 39 heavy (non-hydrogen) atoms. The first-order valence-corrected chi connectivity index (χ1v) is 15.4. The van der Waals surface area contributed by atoms with Crippen LogP contribution in [0.3, 0.4) is 0 Å². The molecule has 4 atom stereocenters. The monoisotopic (exact) mass is 595 g/mol. The molecule has 212 valence electrons. The third-order valence-electron chi connectivity index (χ3n) is 7.98. The number of likely N-dealkylation sites (tertiary alicyclic amines) is 1. The molecule has 2 N–H and O–H groups in total. The Labute approximate surface area is 240 Å². The molecule has 2 aromatic carbocycles. The molecule has 0 spiro atoms. The average molecular weight is 597 g/mol. The number of hydroxylamine groups is 1. The van der Waals surface area contributed by atoms with E-state index in [2.05, 4.69) is 0 Å². The van der Waals surface area contributed by atoms with Crippen LogP contribution in [0.15, 0.2) is 48.5 Å². The Hall–Kier alpha value is -2.17. The van der Waals surface area contributed by atoms with E-state index in [1.54, 1.807) is 42.6 Å². The summed E-state index contributed by atoms with van der Waals surface area (Å²) in [5.41, 5.74) is 2.24. The topological polar surface area (TPSA) is 107 Å². The second-order valence-electron chi connectivity index (χ2n) is 10.9. The molecule has 0 radical (unpaired) electrons. The molecule has 0 bridgehead atoms.